The normalized spacial score (nSPS) is 16.7. The number of aromatic nitrogens is 1. The number of fused-ring (bicyclic) bond motifs is 1. The molecule has 0 unspecified atom stereocenters. The van der Waals surface area contributed by atoms with Gasteiger partial charge in [0.25, 0.3) is 5.91 Å². The highest BCUT2D eigenvalue weighted by molar-refractivity contribution is 8.27. The second-order valence-corrected chi connectivity index (χ2v) is 9.07. The molecule has 3 aromatic rings. The molecule has 34 heavy (non-hydrogen) atoms. The van der Waals surface area contributed by atoms with E-state index in [2.05, 4.69) is 45.9 Å². The summed E-state index contributed by atoms with van der Waals surface area (Å²) in [6.45, 7) is 6.14. The standard InChI is InChI=1S/C26H22FN5OS/c1-4-17-5-11-21(12-6-17)31-15(2)13-19(16(31)3)14-22-23(28)32-26(29-24(22)33)34-25(30-32)18-7-9-20(27)10-8-18/h5-14,28H,4H2,1-3H3/b22-14+,28-23?. The number of halogens is 1. The second kappa shape index (κ2) is 8.53. The average Bonchev–Trinajstić information content (AvgIpc) is 3.37. The van der Waals surface area contributed by atoms with Crippen LogP contribution in [0, 0.1) is 25.1 Å². The van der Waals surface area contributed by atoms with Crippen LogP contribution in [0.1, 0.15) is 35.0 Å². The molecule has 170 valence electrons. The van der Waals surface area contributed by atoms with Crippen LogP contribution in [0.15, 0.2) is 70.3 Å². The summed E-state index contributed by atoms with van der Waals surface area (Å²) in [5.41, 5.74) is 6.04. The number of hydrogen-bond donors (Lipinski definition) is 1. The largest absolute Gasteiger partial charge is 0.318 e. The number of benzene rings is 2. The van der Waals surface area contributed by atoms with Crippen molar-refractivity contribution in [3.63, 3.8) is 0 Å². The van der Waals surface area contributed by atoms with Crippen LogP contribution in [-0.4, -0.2) is 31.5 Å². The summed E-state index contributed by atoms with van der Waals surface area (Å²) in [7, 11) is 0. The molecule has 1 aromatic heterocycles. The Balaban J connectivity index is 1.49. The molecule has 2 aliphatic rings. The number of hydrazone groups is 1. The number of hydrogen-bond acceptors (Lipinski definition) is 4. The van der Waals surface area contributed by atoms with Gasteiger partial charge in [-0.2, -0.15) is 15.1 Å². The monoisotopic (exact) mass is 471 g/mol. The molecule has 8 heteroatoms. The van der Waals surface area contributed by atoms with Gasteiger partial charge in [-0.3, -0.25) is 10.2 Å². The second-order valence-electron chi connectivity index (χ2n) is 8.11. The van der Waals surface area contributed by atoms with Crippen LogP contribution >= 0.6 is 11.8 Å². The van der Waals surface area contributed by atoms with E-state index in [0.29, 0.717) is 15.8 Å². The van der Waals surface area contributed by atoms with Crippen LogP contribution < -0.4 is 0 Å². The van der Waals surface area contributed by atoms with Crippen LogP contribution in [0.25, 0.3) is 11.8 Å². The van der Waals surface area contributed by atoms with E-state index >= 15 is 0 Å². The number of nitrogens with zero attached hydrogens (tertiary/aromatic N) is 4. The Bertz CT molecular complexity index is 1410. The maximum atomic E-state index is 13.3. The van der Waals surface area contributed by atoms with Gasteiger partial charge in [-0.05, 0) is 91.7 Å². The molecule has 1 N–H and O–H groups in total. The van der Waals surface area contributed by atoms with Crippen LogP contribution in [0.5, 0.6) is 0 Å². The molecule has 0 radical (unpaired) electrons. The molecule has 5 rings (SSSR count). The number of amides is 1. The highest BCUT2D eigenvalue weighted by atomic mass is 32.2. The lowest BCUT2D eigenvalue weighted by molar-refractivity contribution is -0.114. The zero-order valence-electron chi connectivity index (χ0n) is 19.0. The quantitative estimate of drug-likeness (QED) is 0.513. The summed E-state index contributed by atoms with van der Waals surface area (Å²) < 4.78 is 15.4. The molecule has 2 aromatic carbocycles. The molecular formula is C26H22FN5OS. The minimum atomic E-state index is -0.476. The van der Waals surface area contributed by atoms with Gasteiger partial charge in [-0.1, -0.05) is 19.1 Å². The maximum absolute atomic E-state index is 13.3. The van der Waals surface area contributed by atoms with Crippen molar-refractivity contribution in [3.05, 3.63) is 94.1 Å². The number of thioether (sulfide) groups is 1. The van der Waals surface area contributed by atoms with Gasteiger partial charge in [0.2, 0.25) is 5.17 Å². The van der Waals surface area contributed by atoms with Crippen LogP contribution in [0.2, 0.25) is 0 Å². The minimum absolute atomic E-state index is 0.0308. The summed E-state index contributed by atoms with van der Waals surface area (Å²) >= 11 is 1.19. The summed E-state index contributed by atoms with van der Waals surface area (Å²) in [5.74, 6) is -0.845. The molecule has 0 aliphatic carbocycles. The number of aryl methyl sites for hydroxylation is 2. The smallest absolute Gasteiger partial charge is 0.283 e. The molecule has 0 spiro atoms. The van der Waals surface area contributed by atoms with Crippen LogP contribution in [0.4, 0.5) is 4.39 Å². The van der Waals surface area contributed by atoms with Crippen molar-refractivity contribution in [1.82, 2.24) is 9.58 Å². The Kier molecular flexibility index (Phi) is 5.53. The van der Waals surface area contributed by atoms with Crippen molar-refractivity contribution >= 4 is 39.8 Å². The first-order chi connectivity index (χ1) is 16.4. The van der Waals surface area contributed by atoms with E-state index in [4.69, 9.17) is 5.41 Å². The highest BCUT2D eigenvalue weighted by Gasteiger charge is 2.36. The lowest BCUT2D eigenvalue weighted by Crippen LogP contribution is -2.35. The van der Waals surface area contributed by atoms with Gasteiger partial charge >= 0.3 is 0 Å². The first-order valence-corrected chi connectivity index (χ1v) is 11.7. The number of rotatable bonds is 4. The minimum Gasteiger partial charge on any atom is -0.318 e. The van der Waals surface area contributed by atoms with E-state index in [1.165, 1.54) is 34.5 Å². The fourth-order valence-corrected chi connectivity index (χ4v) is 4.97. The zero-order chi connectivity index (χ0) is 24.0. The van der Waals surface area contributed by atoms with Gasteiger partial charge in [-0.15, -0.1) is 0 Å². The number of nitrogens with one attached hydrogen (secondary N) is 1. The SMILES string of the molecule is CCc1ccc(-n2c(C)cc(/C=C3\C(=N)N4N=C(c5ccc(F)cc5)SC4=NC3=O)c2C)cc1. The third-order valence-electron chi connectivity index (χ3n) is 5.92. The van der Waals surface area contributed by atoms with Gasteiger partial charge in [0.15, 0.2) is 5.84 Å². The molecule has 0 saturated carbocycles. The first kappa shape index (κ1) is 22.0. The molecule has 2 aliphatic heterocycles. The average molecular weight is 472 g/mol. The number of carbonyl (C=O) groups excluding carboxylic acids is 1. The Hall–Kier alpha value is -3.78. The third kappa shape index (κ3) is 3.80. The van der Waals surface area contributed by atoms with E-state index in [0.717, 1.165) is 29.1 Å². The van der Waals surface area contributed by atoms with Gasteiger partial charge in [0.1, 0.15) is 10.9 Å². The Morgan fingerprint density at radius 2 is 1.79 bits per heavy atom. The van der Waals surface area contributed by atoms with Crippen LogP contribution in [-0.2, 0) is 11.2 Å². The lowest BCUT2D eigenvalue weighted by atomic mass is 10.1. The van der Waals surface area contributed by atoms with Crippen LogP contribution in [0.3, 0.4) is 0 Å². The Labute approximate surface area is 201 Å². The van der Waals surface area contributed by atoms with Crippen molar-refractivity contribution in [2.75, 3.05) is 0 Å². The summed E-state index contributed by atoms with van der Waals surface area (Å²) in [4.78, 5) is 17.0. The molecule has 3 heterocycles. The van der Waals surface area contributed by atoms with Gasteiger partial charge in [0.05, 0.1) is 5.57 Å². The predicted molar refractivity (Wildman–Crippen MR) is 135 cm³/mol. The van der Waals surface area contributed by atoms with E-state index in [9.17, 15) is 9.18 Å². The fraction of sp³-hybridized carbons (Fsp3) is 0.154. The third-order valence-corrected chi connectivity index (χ3v) is 6.88. The molecular weight excluding hydrogens is 449 g/mol. The zero-order valence-corrected chi connectivity index (χ0v) is 19.8. The highest BCUT2D eigenvalue weighted by Crippen LogP contribution is 2.32. The van der Waals surface area contributed by atoms with Crippen molar-refractivity contribution < 1.29 is 9.18 Å². The maximum Gasteiger partial charge on any atom is 0.283 e. The van der Waals surface area contributed by atoms with Gasteiger partial charge < -0.3 is 4.57 Å². The number of aliphatic imine (C=N–C) groups is 1. The van der Waals surface area contributed by atoms with Gasteiger partial charge in [0, 0.05) is 22.6 Å². The summed E-state index contributed by atoms with van der Waals surface area (Å²) in [6, 6.07) is 16.3. The van der Waals surface area contributed by atoms with E-state index in [1.54, 1.807) is 18.2 Å². The number of amidine groups is 2. The Morgan fingerprint density at radius 3 is 2.47 bits per heavy atom. The predicted octanol–water partition coefficient (Wildman–Crippen LogP) is 5.46. The van der Waals surface area contributed by atoms with Crippen molar-refractivity contribution in [1.29, 1.82) is 5.41 Å². The van der Waals surface area contributed by atoms with Crippen molar-refractivity contribution in [2.45, 2.75) is 27.2 Å². The fourth-order valence-electron chi connectivity index (χ4n) is 4.07. The van der Waals surface area contributed by atoms with Crippen molar-refractivity contribution in [2.24, 2.45) is 10.1 Å². The topological polar surface area (TPSA) is 73.8 Å². The molecule has 0 saturated heterocycles. The van der Waals surface area contributed by atoms with Crippen molar-refractivity contribution in [3.8, 4) is 5.69 Å². The molecule has 0 atom stereocenters. The molecule has 0 fully saturated rings. The van der Waals surface area contributed by atoms with E-state index in [1.807, 2.05) is 19.9 Å². The van der Waals surface area contributed by atoms with E-state index < -0.39 is 5.91 Å². The first-order valence-electron chi connectivity index (χ1n) is 10.9. The molecule has 0 bridgehead atoms. The number of carbonyl (C=O) groups is 1. The lowest BCUT2D eigenvalue weighted by Gasteiger charge is -2.20. The molecule has 1 amide bonds. The van der Waals surface area contributed by atoms with Gasteiger partial charge in [-0.25, -0.2) is 4.39 Å². The summed E-state index contributed by atoms with van der Waals surface area (Å²) in [6.07, 6.45) is 2.69. The summed E-state index contributed by atoms with van der Waals surface area (Å²) in [5, 5.41) is 15.4. The Morgan fingerprint density at radius 1 is 1.09 bits per heavy atom. The van der Waals surface area contributed by atoms with E-state index in [-0.39, 0.29) is 17.2 Å². The molecule has 6 nitrogen and oxygen atoms in total.